The summed E-state index contributed by atoms with van der Waals surface area (Å²) in [6, 6.07) is 12.7. The van der Waals surface area contributed by atoms with Crippen molar-refractivity contribution in [1.29, 1.82) is 0 Å². The van der Waals surface area contributed by atoms with Gasteiger partial charge in [0.15, 0.2) is 6.61 Å². The number of amides is 1. The number of aromatic nitrogens is 3. The smallest absolute Gasteiger partial charge is 0.262 e. The first-order chi connectivity index (χ1) is 10.8. The van der Waals surface area contributed by atoms with E-state index in [1.54, 1.807) is 36.9 Å². The molecule has 0 saturated heterocycles. The van der Waals surface area contributed by atoms with Crippen LogP contribution in [0.1, 0.15) is 0 Å². The van der Waals surface area contributed by atoms with Crippen molar-refractivity contribution in [3.8, 4) is 11.6 Å². The number of carbonyl (C=O) groups is 1. The van der Waals surface area contributed by atoms with Gasteiger partial charge in [-0.2, -0.15) is 0 Å². The molecule has 1 aromatic carbocycles. The number of anilines is 1. The Morgan fingerprint density at radius 1 is 1.14 bits per heavy atom. The van der Waals surface area contributed by atoms with Gasteiger partial charge in [0.05, 0.1) is 6.33 Å². The van der Waals surface area contributed by atoms with Gasteiger partial charge in [-0.15, -0.1) is 0 Å². The molecule has 0 saturated carbocycles. The largest absolute Gasteiger partial charge is 0.468 e. The van der Waals surface area contributed by atoms with E-state index < -0.39 is 0 Å². The summed E-state index contributed by atoms with van der Waals surface area (Å²) in [7, 11) is 0. The number of carbonyl (C=O) groups excluding carboxylic acids is 1. The van der Waals surface area contributed by atoms with Gasteiger partial charge in [-0.1, -0.05) is 6.07 Å². The van der Waals surface area contributed by atoms with E-state index in [1.165, 1.54) is 0 Å². The maximum atomic E-state index is 11.8. The summed E-state index contributed by atoms with van der Waals surface area (Å²) in [5, 5.41) is 2.77. The molecule has 6 nitrogen and oxygen atoms in total. The SMILES string of the molecule is O=C(COc1ccccn1)Nc1ccc(-n2ccnc2)cc1. The van der Waals surface area contributed by atoms with Gasteiger partial charge in [0, 0.05) is 36.0 Å². The van der Waals surface area contributed by atoms with Crippen LogP contribution in [0.2, 0.25) is 0 Å². The van der Waals surface area contributed by atoms with Crippen LogP contribution in [0.25, 0.3) is 5.69 Å². The average Bonchev–Trinajstić information content (AvgIpc) is 3.09. The van der Waals surface area contributed by atoms with E-state index in [1.807, 2.05) is 35.0 Å². The summed E-state index contributed by atoms with van der Waals surface area (Å²) in [5.74, 6) is 0.189. The highest BCUT2D eigenvalue weighted by atomic mass is 16.5. The van der Waals surface area contributed by atoms with E-state index in [0.717, 1.165) is 5.69 Å². The van der Waals surface area contributed by atoms with Crippen LogP contribution in [0, 0.1) is 0 Å². The van der Waals surface area contributed by atoms with E-state index in [9.17, 15) is 4.79 Å². The Balaban J connectivity index is 1.55. The molecule has 2 aromatic heterocycles. The van der Waals surface area contributed by atoms with Gasteiger partial charge < -0.3 is 14.6 Å². The minimum absolute atomic E-state index is 0.0831. The van der Waals surface area contributed by atoms with Gasteiger partial charge in [0.2, 0.25) is 5.88 Å². The minimum Gasteiger partial charge on any atom is -0.468 e. The van der Waals surface area contributed by atoms with E-state index >= 15 is 0 Å². The van der Waals surface area contributed by atoms with Gasteiger partial charge in [-0.3, -0.25) is 4.79 Å². The highest BCUT2D eigenvalue weighted by Gasteiger charge is 2.04. The molecule has 0 unspecified atom stereocenters. The third-order valence-corrected chi connectivity index (χ3v) is 2.94. The normalized spacial score (nSPS) is 10.2. The fraction of sp³-hybridized carbons (Fsp3) is 0.0625. The molecule has 1 amide bonds. The molecular formula is C16H14N4O2. The number of ether oxygens (including phenoxy) is 1. The first-order valence-corrected chi connectivity index (χ1v) is 6.73. The molecule has 0 aliphatic heterocycles. The zero-order valence-electron chi connectivity index (χ0n) is 11.7. The van der Waals surface area contributed by atoms with Gasteiger partial charge in [0.1, 0.15) is 0 Å². The van der Waals surface area contributed by atoms with Gasteiger partial charge in [0.25, 0.3) is 5.91 Å². The first kappa shape index (κ1) is 13.8. The number of hydrogen-bond donors (Lipinski definition) is 1. The van der Waals surface area contributed by atoms with E-state index in [4.69, 9.17) is 4.74 Å². The van der Waals surface area contributed by atoms with E-state index in [2.05, 4.69) is 15.3 Å². The highest BCUT2D eigenvalue weighted by Crippen LogP contribution is 2.13. The van der Waals surface area contributed by atoms with Crippen molar-refractivity contribution in [1.82, 2.24) is 14.5 Å². The molecule has 0 fully saturated rings. The fourth-order valence-corrected chi connectivity index (χ4v) is 1.90. The Hall–Kier alpha value is -3.15. The molecule has 0 aliphatic carbocycles. The molecule has 0 bridgehead atoms. The summed E-state index contributed by atoms with van der Waals surface area (Å²) < 4.78 is 7.17. The van der Waals surface area contributed by atoms with E-state index in [0.29, 0.717) is 11.6 Å². The molecule has 0 spiro atoms. The molecule has 6 heteroatoms. The van der Waals surface area contributed by atoms with Gasteiger partial charge in [-0.25, -0.2) is 9.97 Å². The molecule has 3 rings (SSSR count). The van der Waals surface area contributed by atoms with Crippen LogP contribution in [0.15, 0.2) is 67.4 Å². The summed E-state index contributed by atoms with van der Waals surface area (Å²) in [4.78, 5) is 19.8. The number of nitrogens with zero attached hydrogens (tertiary/aromatic N) is 3. The van der Waals surface area contributed by atoms with Crippen LogP contribution < -0.4 is 10.1 Å². The fourth-order valence-electron chi connectivity index (χ4n) is 1.90. The minimum atomic E-state index is -0.235. The summed E-state index contributed by atoms with van der Waals surface area (Å²) in [6.07, 6.45) is 6.90. The predicted molar refractivity (Wildman–Crippen MR) is 81.9 cm³/mol. The Labute approximate surface area is 127 Å². The van der Waals surface area contributed by atoms with Gasteiger partial charge >= 0.3 is 0 Å². The van der Waals surface area contributed by atoms with Crippen molar-refractivity contribution in [3.05, 3.63) is 67.4 Å². The maximum absolute atomic E-state index is 11.8. The molecule has 22 heavy (non-hydrogen) atoms. The lowest BCUT2D eigenvalue weighted by Gasteiger charge is -2.08. The average molecular weight is 294 g/mol. The topological polar surface area (TPSA) is 69.0 Å². The zero-order chi connectivity index (χ0) is 15.2. The summed E-state index contributed by atoms with van der Waals surface area (Å²) >= 11 is 0. The Bertz CT molecular complexity index is 725. The quantitative estimate of drug-likeness (QED) is 0.784. The highest BCUT2D eigenvalue weighted by molar-refractivity contribution is 5.91. The number of rotatable bonds is 5. The summed E-state index contributed by atoms with van der Waals surface area (Å²) in [6.45, 7) is -0.0831. The molecule has 1 N–H and O–H groups in total. The maximum Gasteiger partial charge on any atom is 0.262 e. The molecule has 0 radical (unpaired) electrons. The monoisotopic (exact) mass is 294 g/mol. The van der Waals surface area contributed by atoms with Crippen LogP contribution >= 0.6 is 0 Å². The Kier molecular flexibility index (Phi) is 4.10. The van der Waals surface area contributed by atoms with E-state index in [-0.39, 0.29) is 12.5 Å². The molecule has 2 heterocycles. The molecule has 0 aliphatic rings. The zero-order valence-corrected chi connectivity index (χ0v) is 11.7. The standard InChI is InChI=1S/C16H14N4O2/c21-15(11-22-16-3-1-2-8-18-16)19-13-4-6-14(7-5-13)20-10-9-17-12-20/h1-10,12H,11H2,(H,19,21). The van der Waals surface area contributed by atoms with Crippen LogP contribution in [-0.4, -0.2) is 27.0 Å². The van der Waals surface area contributed by atoms with Gasteiger partial charge in [-0.05, 0) is 30.3 Å². The Morgan fingerprint density at radius 3 is 2.68 bits per heavy atom. The van der Waals surface area contributed by atoms with Crippen molar-refractivity contribution < 1.29 is 9.53 Å². The lowest BCUT2D eigenvalue weighted by atomic mass is 10.2. The van der Waals surface area contributed by atoms with Crippen molar-refractivity contribution in [3.63, 3.8) is 0 Å². The Morgan fingerprint density at radius 2 is 2.00 bits per heavy atom. The number of nitrogens with one attached hydrogen (secondary N) is 1. The summed E-state index contributed by atoms with van der Waals surface area (Å²) in [5.41, 5.74) is 1.68. The van der Waals surface area contributed by atoms with Crippen LogP contribution in [-0.2, 0) is 4.79 Å². The molecule has 110 valence electrons. The third kappa shape index (κ3) is 3.49. The lowest BCUT2D eigenvalue weighted by molar-refractivity contribution is -0.118. The van der Waals surface area contributed by atoms with Crippen molar-refractivity contribution in [2.45, 2.75) is 0 Å². The molecule has 3 aromatic rings. The molecular weight excluding hydrogens is 280 g/mol. The molecule has 0 atom stereocenters. The van der Waals surface area contributed by atoms with Crippen LogP contribution in [0.5, 0.6) is 5.88 Å². The second kappa shape index (κ2) is 6.53. The van der Waals surface area contributed by atoms with Crippen molar-refractivity contribution in [2.75, 3.05) is 11.9 Å². The number of imidazole rings is 1. The number of pyridine rings is 1. The predicted octanol–water partition coefficient (Wildman–Crippen LogP) is 2.28. The number of hydrogen-bond acceptors (Lipinski definition) is 4. The van der Waals surface area contributed by atoms with Crippen molar-refractivity contribution >= 4 is 11.6 Å². The van der Waals surface area contributed by atoms with Crippen molar-refractivity contribution in [2.24, 2.45) is 0 Å². The second-order valence-corrected chi connectivity index (χ2v) is 4.52. The second-order valence-electron chi connectivity index (χ2n) is 4.52. The first-order valence-electron chi connectivity index (χ1n) is 6.73. The third-order valence-electron chi connectivity index (χ3n) is 2.94. The number of benzene rings is 1. The van der Waals surface area contributed by atoms with Crippen LogP contribution in [0.4, 0.5) is 5.69 Å². The lowest BCUT2D eigenvalue weighted by Crippen LogP contribution is -2.20. The van der Waals surface area contributed by atoms with Crippen LogP contribution in [0.3, 0.4) is 0 Å².